The lowest BCUT2D eigenvalue weighted by Gasteiger charge is -2.29. The van der Waals surface area contributed by atoms with Crippen molar-refractivity contribution in [3.63, 3.8) is 0 Å². The number of carbonyl (C=O) groups excluding carboxylic acids is 2. The van der Waals surface area contributed by atoms with E-state index in [4.69, 9.17) is 4.74 Å². The summed E-state index contributed by atoms with van der Waals surface area (Å²) in [5.74, 6) is 1.02. The molecule has 3 heteroatoms. The minimum absolute atomic E-state index is 0.0771. The molecule has 23 heavy (non-hydrogen) atoms. The van der Waals surface area contributed by atoms with Gasteiger partial charge < -0.3 is 4.74 Å². The van der Waals surface area contributed by atoms with Crippen LogP contribution < -0.4 is 0 Å². The van der Waals surface area contributed by atoms with Crippen LogP contribution in [0.15, 0.2) is 24.3 Å². The van der Waals surface area contributed by atoms with E-state index in [1.165, 1.54) is 5.56 Å². The maximum Gasteiger partial charge on any atom is 0.306 e. The van der Waals surface area contributed by atoms with Crippen molar-refractivity contribution in [3.05, 3.63) is 35.4 Å². The van der Waals surface area contributed by atoms with Crippen molar-refractivity contribution in [3.8, 4) is 0 Å². The minimum atomic E-state index is -0.396. The lowest BCUT2D eigenvalue weighted by Crippen LogP contribution is -2.26. The van der Waals surface area contributed by atoms with Gasteiger partial charge in [-0.3, -0.25) is 9.59 Å². The summed E-state index contributed by atoms with van der Waals surface area (Å²) in [6.07, 6.45) is 4.88. The fourth-order valence-corrected chi connectivity index (χ4v) is 3.31. The molecule has 126 valence electrons. The van der Waals surface area contributed by atoms with Crippen molar-refractivity contribution in [1.82, 2.24) is 0 Å². The van der Waals surface area contributed by atoms with Gasteiger partial charge in [-0.15, -0.1) is 0 Å². The lowest BCUT2D eigenvalue weighted by atomic mass is 9.77. The zero-order valence-electron chi connectivity index (χ0n) is 14.7. The number of Topliss-reactive ketones (excluding diaryl/α,β-unsaturated/α-hetero) is 1. The molecular weight excluding hydrogens is 288 g/mol. The molecule has 0 atom stereocenters. The Bertz CT molecular complexity index is 543. The third kappa shape index (κ3) is 5.49. The Balaban J connectivity index is 1.84. The Hall–Kier alpha value is -1.64. The van der Waals surface area contributed by atoms with Crippen LogP contribution in [0.2, 0.25) is 0 Å². The molecule has 0 aliphatic heterocycles. The average molecular weight is 316 g/mol. The quantitative estimate of drug-likeness (QED) is 0.586. The van der Waals surface area contributed by atoms with Gasteiger partial charge in [-0.05, 0) is 70.8 Å². The summed E-state index contributed by atoms with van der Waals surface area (Å²) in [5.41, 5.74) is 1.69. The first-order valence-corrected chi connectivity index (χ1v) is 8.57. The number of carbonyl (C=O) groups is 2. The van der Waals surface area contributed by atoms with Crippen LogP contribution >= 0.6 is 0 Å². The molecule has 0 radical (unpaired) electrons. The summed E-state index contributed by atoms with van der Waals surface area (Å²) < 4.78 is 5.42. The van der Waals surface area contributed by atoms with E-state index in [0.717, 1.165) is 31.2 Å². The Morgan fingerprint density at radius 1 is 1.04 bits per heavy atom. The van der Waals surface area contributed by atoms with Crippen molar-refractivity contribution < 1.29 is 14.3 Å². The van der Waals surface area contributed by atoms with Gasteiger partial charge in [0.1, 0.15) is 5.60 Å². The van der Waals surface area contributed by atoms with Gasteiger partial charge in [0.2, 0.25) is 0 Å². The first kappa shape index (κ1) is 17.7. The number of esters is 1. The SMILES string of the molecule is CC(=O)c1ccc(C2CCC(CC(=O)OC(C)(C)C)CC2)cc1. The molecule has 0 unspecified atom stereocenters. The lowest BCUT2D eigenvalue weighted by molar-refractivity contribution is -0.156. The standard InChI is InChI=1S/C20H28O3/c1-14(21)16-9-11-18(12-10-16)17-7-5-15(6-8-17)13-19(22)23-20(2,3)4/h9-12,15,17H,5-8,13H2,1-4H3. The smallest absolute Gasteiger partial charge is 0.306 e. The van der Waals surface area contributed by atoms with Gasteiger partial charge in [-0.1, -0.05) is 24.3 Å². The molecule has 0 heterocycles. The molecule has 0 aromatic heterocycles. The maximum atomic E-state index is 11.9. The molecule has 0 N–H and O–H groups in total. The van der Waals surface area contributed by atoms with Crippen LogP contribution in [0, 0.1) is 5.92 Å². The molecular formula is C20H28O3. The van der Waals surface area contributed by atoms with E-state index in [-0.39, 0.29) is 11.8 Å². The summed E-state index contributed by atoms with van der Waals surface area (Å²) in [6.45, 7) is 7.32. The van der Waals surface area contributed by atoms with E-state index in [0.29, 0.717) is 18.3 Å². The highest BCUT2D eigenvalue weighted by atomic mass is 16.6. The number of ketones is 1. The minimum Gasteiger partial charge on any atom is -0.460 e. The van der Waals surface area contributed by atoms with Crippen LogP contribution in [0.4, 0.5) is 0 Å². The van der Waals surface area contributed by atoms with Gasteiger partial charge in [0.05, 0.1) is 0 Å². The van der Waals surface area contributed by atoms with Gasteiger partial charge >= 0.3 is 5.97 Å². The second-order valence-corrected chi connectivity index (χ2v) is 7.69. The second-order valence-electron chi connectivity index (χ2n) is 7.69. The number of rotatable bonds is 4. The first-order valence-electron chi connectivity index (χ1n) is 8.57. The van der Waals surface area contributed by atoms with Crippen LogP contribution in [-0.4, -0.2) is 17.4 Å². The van der Waals surface area contributed by atoms with Crippen LogP contribution in [0.3, 0.4) is 0 Å². The molecule has 0 amide bonds. The highest BCUT2D eigenvalue weighted by molar-refractivity contribution is 5.94. The third-order valence-electron chi connectivity index (χ3n) is 4.51. The number of ether oxygens (including phenoxy) is 1. The van der Waals surface area contributed by atoms with Crippen LogP contribution in [0.5, 0.6) is 0 Å². The van der Waals surface area contributed by atoms with E-state index in [1.54, 1.807) is 6.92 Å². The molecule has 2 rings (SSSR count). The maximum absolute atomic E-state index is 11.9. The molecule has 1 aromatic carbocycles. The van der Waals surface area contributed by atoms with Gasteiger partial charge in [0.15, 0.2) is 5.78 Å². The molecule has 0 bridgehead atoms. The van der Waals surface area contributed by atoms with Gasteiger partial charge in [-0.25, -0.2) is 0 Å². The normalized spacial score (nSPS) is 21.7. The summed E-state index contributed by atoms with van der Waals surface area (Å²) in [7, 11) is 0. The molecule has 1 saturated carbocycles. The van der Waals surface area contributed by atoms with E-state index >= 15 is 0 Å². The second kappa shape index (κ2) is 7.29. The first-order chi connectivity index (χ1) is 10.7. The monoisotopic (exact) mass is 316 g/mol. The summed E-state index contributed by atoms with van der Waals surface area (Å²) >= 11 is 0. The molecule has 0 spiro atoms. The third-order valence-corrected chi connectivity index (χ3v) is 4.51. The Labute approximate surface area is 139 Å². The van der Waals surface area contributed by atoms with E-state index in [9.17, 15) is 9.59 Å². The Morgan fingerprint density at radius 2 is 1.61 bits per heavy atom. The van der Waals surface area contributed by atoms with E-state index < -0.39 is 5.60 Å². The molecule has 1 aromatic rings. The highest BCUT2D eigenvalue weighted by Crippen LogP contribution is 2.37. The predicted octanol–water partition coefficient (Wildman–Crippen LogP) is 4.89. The highest BCUT2D eigenvalue weighted by Gasteiger charge is 2.26. The van der Waals surface area contributed by atoms with Gasteiger partial charge in [0.25, 0.3) is 0 Å². The van der Waals surface area contributed by atoms with Crippen LogP contribution in [-0.2, 0) is 9.53 Å². The van der Waals surface area contributed by atoms with Crippen molar-refractivity contribution in [2.24, 2.45) is 5.92 Å². The number of hydrogen-bond donors (Lipinski definition) is 0. The van der Waals surface area contributed by atoms with Crippen molar-refractivity contribution in [2.45, 2.75) is 71.3 Å². The summed E-state index contributed by atoms with van der Waals surface area (Å²) in [6, 6.07) is 8.00. The topological polar surface area (TPSA) is 43.4 Å². The Morgan fingerprint density at radius 3 is 2.09 bits per heavy atom. The zero-order valence-corrected chi connectivity index (χ0v) is 14.7. The van der Waals surface area contributed by atoms with Crippen LogP contribution in [0.25, 0.3) is 0 Å². The summed E-state index contributed by atoms with van der Waals surface area (Å²) in [5, 5.41) is 0. The molecule has 3 nitrogen and oxygen atoms in total. The summed E-state index contributed by atoms with van der Waals surface area (Å²) in [4.78, 5) is 23.3. The van der Waals surface area contributed by atoms with E-state index in [1.807, 2.05) is 32.9 Å². The van der Waals surface area contributed by atoms with Crippen LogP contribution in [0.1, 0.15) is 81.6 Å². The molecule has 0 saturated heterocycles. The fourth-order valence-electron chi connectivity index (χ4n) is 3.31. The Kier molecular flexibility index (Phi) is 5.61. The van der Waals surface area contributed by atoms with Crippen molar-refractivity contribution in [2.75, 3.05) is 0 Å². The van der Waals surface area contributed by atoms with Crippen molar-refractivity contribution in [1.29, 1.82) is 0 Å². The molecule has 1 aliphatic carbocycles. The zero-order chi connectivity index (χ0) is 17.0. The number of benzene rings is 1. The van der Waals surface area contributed by atoms with Gasteiger partial charge in [0, 0.05) is 12.0 Å². The largest absolute Gasteiger partial charge is 0.460 e. The van der Waals surface area contributed by atoms with Crippen molar-refractivity contribution >= 4 is 11.8 Å². The fraction of sp³-hybridized carbons (Fsp3) is 0.600. The van der Waals surface area contributed by atoms with E-state index in [2.05, 4.69) is 12.1 Å². The predicted molar refractivity (Wildman–Crippen MR) is 91.6 cm³/mol. The molecule has 1 fully saturated rings. The number of hydrogen-bond acceptors (Lipinski definition) is 3. The molecule has 1 aliphatic rings. The van der Waals surface area contributed by atoms with Gasteiger partial charge in [-0.2, -0.15) is 0 Å². The average Bonchev–Trinajstić information content (AvgIpc) is 2.46.